The predicted octanol–water partition coefficient (Wildman–Crippen LogP) is 2.76. The first kappa shape index (κ1) is 12.3. The van der Waals surface area contributed by atoms with Gasteiger partial charge >= 0.3 is 0 Å². The first-order chi connectivity index (χ1) is 9.22. The van der Waals surface area contributed by atoms with E-state index in [1.807, 2.05) is 16.8 Å². The first-order valence-electron chi connectivity index (χ1n) is 5.52. The Labute approximate surface area is 117 Å². The lowest BCUT2D eigenvalue weighted by Crippen LogP contribution is -2.26. The number of carbonyl (C=O) groups is 1. The van der Waals surface area contributed by atoms with Crippen LogP contribution in [0, 0.1) is 0 Å². The van der Waals surface area contributed by atoms with Crippen LogP contribution in [0.5, 0.6) is 0 Å². The summed E-state index contributed by atoms with van der Waals surface area (Å²) in [7, 11) is 3.07. The van der Waals surface area contributed by atoms with Crippen LogP contribution in [0.4, 0.5) is 0 Å². The van der Waals surface area contributed by atoms with Gasteiger partial charge in [-0.1, -0.05) is 0 Å². The molecule has 3 heterocycles. The predicted molar refractivity (Wildman–Crippen MR) is 75.5 cm³/mol. The highest BCUT2D eigenvalue weighted by molar-refractivity contribution is 7.21. The zero-order valence-electron chi connectivity index (χ0n) is 10.4. The molecule has 0 N–H and O–H groups in total. The molecule has 0 saturated heterocycles. The number of nitrogens with zero attached hydrogens (tertiary/aromatic N) is 3. The molecule has 3 rings (SSSR count). The molecule has 0 aliphatic rings. The van der Waals surface area contributed by atoms with E-state index in [2.05, 4.69) is 4.98 Å². The monoisotopic (exact) mass is 293 g/mol. The Kier molecular flexibility index (Phi) is 3.09. The number of hydrogen-bond donors (Lipinski definition) is 0. The zero-order chi connectivity index (χ0) is 13.4. The van der Waals surface area contributed by atoms with Crippen LogP contribution in [0.2, 0.25) is 0 Å². The standard InChI is InChI=1S/C12H11N3O2S2/c1-14(17-2)12(16)10-11(8-3-4-18-6-8)19-9-5-13-7-15(9)10/h3-7H,1-2H3. The molecule has 1 amide bonds. The third-order valence-corrected chi connectivity index (χ3v) is 4.64. The average molecular weight is 293 g/mol. The molecule has 0 radical (unpaired) electrons. The molecular weight excluding hydrogens is 282 g/mol. The Hall–Kier alpha value is -1.70. The maximum atomic E-state index is 12.4. The van der Waals surface area contributed by atoms with E-state index in [4.69, 9.17) is 4.84 Å². The molecule has 98 valence electrons. The number of amides is 1. The van der Waals surface area contributed by atoms with Gasteiger partial charge in [0.1, 0.15) is 16.9 Å². The van der Waals surface area contributed by atoms with E-state index in [1.54, 1.807) is 46.6 Å². The number of imidazole rings is 1. The molecule has 0 saturated carbocycles. The van der Waals surface area contributed by atoms with E-state index < -0.39 is 0 Å². The molecule has 5 nitrogen and oxygen atoms in total. The Morgan fingerprint density at radius 2 is 2.37 bits per heavy atom. The number of thiazole rings is 1. The van der Waals surface area contributed by atoms with Crippen molar-refractivity contribution in [1.29, 1.82) is 0 Å². The number of carbonyl (C=O) groups excluding carboxylic acids is 1. The minimum atomic E-state index is -0.187. The van der Waals surface area contributed by atoms with Crippen molar-refractivity contribution >= 4 is 33.4 Å². The quantitative estimate of drug-likeness (QED) is 0.698. The number of fused-ring (bicyclic) bond motifs is 1. The summed E-state index contributed by atoms with van der Waals surface area (Å²) in [6, 6.07) is 2.01. The van der Waals surface area contributed by atoms with Crippen LogP contribution in [-0.2, 0) is 4.84 Å². The molecule has 0 spiro atoms. The van der Waals surface area contributed by atoms with E-state index in [0.29, 0.717) is 5.69 Å². The van der Waals surface area contributed by atoms with Gasteiger partial charge in [-0.05, 0) is 16.8 Å². The third kappa shape index (κ3) is 1.95. The molecule has 3 aromatic heterocycles. The Morgan fingerprint density at radius 3 is 3.05 bits per heavy atom. The summed E-state index contributed by atoms with van der Waals surface area (Å²) >= 11 is 3.16. The summed E-state index contributed by atoms with van der Waals surface area (Å²) in [6.45, 7) is 0. The highest BCUT2D eigenvalue weighted by Gasteiger charge is 2.23. The molecule has 0 aliphatic heterocycles. The number of hydroxylamine groups is 2. The zero-order valence-corrected chi connectivity index (χ0v) is 12.0. The van der Waals surface area contributed by atoms with Crippen LogP contribution in [0.25, 0.3) is 15.3 Å². The lowest BCUT2D eigenvalue weighted by molar-refractivity contribution is -0.0760. The molecule has 0 atom stereocenters. The first-order valence-corrected chi connectivity index (χ1v) is 7.28. The number of hydrogen-bond acceptors (Lipinski definition) is 5. The summed E-state index contributed by atoms with van der Waals surface area (Å²) in [6.07, 6.45) is 3.41. The van der Waals surface area contributed by atoms with Crippen LogP contribution >= 0.6 is 22.7 Å². The summed E-state index contributed by atoms with van der Waals surface area (Å²) in [4.78, 5) is 23.4. The van der Waals surface area contributed by atoms with Crippen LogP contribution < -0.4 is 0 Å². The summed E-state index contributed by atoms with van der Waals surface area (Å²) in [5, 5.41) is 5.25. The maximum Gasteiger partial charge on any atom is 0.295 e. The van der Waals surface area contributed by atoms with Gasteiger partial charge in [0.05, 0.1) is 18.2 Å². The highest BCUT2D eigenvalue weighted by Crippen LogP contribution is 2.34. The average Bonchev–Trinajstić information content (AvgIpc) is 3.11. The van der Waals surface area contributed by atoms with Gasteiger partial charge in [0.15, 0.2) is 0 Å². The summed E-state index contributed by atoms with van der Waals surface area (Å²) in [5.74, 6) is -0.187. The van der Waals surface area contributed by atoms with Crippen molar-refractivity contribution in [3.63, 3.8) is 0 Å². The van der Waals surface area contributed by atoms with Crippen molar-refractivity contribution in [2.75, 3.05) is 14.2 Å². The molecule has 0 unspecified atom stereocenters. The van der Waals surface area contributed by atoms with Crippen LogP contribution in [0.15, 0.2) is 29.4 Å². The van der Waals surface area contributed by atoms with E-state index in [1.165, 1.54) is 12.2 Å². The molecule has 0 bridgehead atoms. The minimum Gasteiger partial charge on any atom is -0.284 e. The van der Waals surface area contributed by atoms with E-state index >= 15 is 0 Å². The summed E-state index contributed by atoms with van der Waals surface area (Å²) in [5.41, 5.74) is 1.63. The number of aromatic nitrogens is 2. The lowest BCUT2D eigenvalue weighted by Gasteiger charge is -2.13. The van der Waals surface area contributed by atoms with Gasteiger partial charge in [0, 0.05) is 12.6 Å². The fraction of sp³-hybridized carbons (Fsp3) is 0.167. The van der Waals surface area contributed by atoms with Gasteiger partial charge in [0.2, 0.25) is 0 Å². The van der Waals surface area contributed by atoms with Gasteiger partial charge in [-0.15, -0.1) is 11.3 Å². The highest BCUT2D eigenvalue weighted by atomic mass is 32.1. The van der Waals surface area contributed by atoms with Gasteiger partial charge in [-0.25, -0.2) is 10.0 Å². The smallest absolute Gasteiger partial charge is 0.284 e. The number of rotatable bonds is 3. The van der Waals surface area contributed by atoms with Crippen LogP contribution in [0.3, 0.4) is 0 Å². The van der Waals surface area contributed by atoms with Crippen molar-refractivity contribution < 1.29 is 9.63 Å². The van der Waals surface area contributed by atoms with Gasteiger partial charge in [-0.3, -0.25) is 14.0 Å². The van der Waals surface area contributed by atoms with Gasteiger partial charge < -0.3 is 0 Å². The van der Waals surface area contributed by atoms with Crippen molar-refractivity contribution in [2.45, 2.75) is 0 Å². The molecule has 0 aliphatic carbocycles. The SMILES string of the molecule is CON(C)C(=O)c1c(-c2ccsc2)sc2cncn12. The largest absolute Gasteiger partial charge is 0.295 e. The van der Waals surface area contributed by atoms with E-state index in [9.17, 15) is 4.79 Å². The molecule has 19 heavy (non-hydrogen) atoms. The molecule has 7 heteroatoms. The molecule has 3 aromatic rings. The van der Waals surface area contributed by atoms with Gasteiger partial charge in [-0.2, -0.15) is 11.3 Å². The Bertz CT molecular complexity index is 715. The topological polar surface area (TPSA) is 46.8 Å². The summed E-state index contributed by atoms with van der Waals surface area (Å²) < 4.78 is 1.80. The fourth-order valence-corrected chi connectivity index (χ4v) is 3.62. The lowest BCUT2D eigenvalue weighted by atomic mass is 10.2. The van der Waals surface area contributed by atoms with Crippen molar-refractivity contribution in [3.05, 3.63) is 35.0 Å². The van der Waals surface area contributed by atoms with Crippen molar-refractivity contribution in [2.24, 2.45) is 0 Å². The fourth-order valence-electron chi connectivity index (χ4n) is 1.81. The van der Waals surface area contributed by atoms with Crippen LogP contribution in [0.1, 0.15) is 10.5 Å². The molecule has 0 aromatic carbocycles. The van der Waals surface area contributed by atoms with Crippen molar-refractivity contribution in [3.8, 4) is 10.4 Å². The molecular formula is C12H11N3O2S2. The maximum absolute atomic E-state index is 12.4. The normalized spacial score (nSPS) is 11.1. The van der Waals surface area contributed by atoms with Crippen LogP contribution in [-0.4, -0.2) is 34.5 Å². The van der Waals surface area contributed by atoms with Gasteiger partial charge in [0.25, 0.3) is 5.91 Å². The van der Waals surface area contributed by atoms with Crippen molar-refractivity contribution in [1.82, 2.24) is 14.4 Å². The second kappa shape index (κ2) is 4.76. The minimum absolute atomic E-state index is 0.187. The third-order valence-electron chi connectivity index (χ3n) is 2.81. The Balaban J connectivity index is 2.22. The Morgan fingerprint density at radius 1 is 1.53 bits per heavy atom. The van der Waals surface area contributed by atoms with E-state index in [-0.39, 0.29) is 5.91 Å². The second-order valence-corrected chi connectivity index (χ2v) is 5.69. The number of thiophene rings is 1. The second-order valence-electron chi connectivity index (χ2n) is 3.88. The molecule has 0 fully saturated rings. The van der Waals surface area contributed by atoms with E-state index in [0.717, 1.165) is 15.3 Å².